The van der Waals surface area contributed by atoms with Gasteiger partial charge in [-0.2, -0.15) is 8.42 Å². The SMILES string of the molecule is NCC(=O)N[C@H](CC1CCCCC1)C(=O)NCCS(=O)(=O)O. The van der Waals surface area contributed by atoms with Gasteiger partial charge in [-0.3, -0.25) is 14.1 Å². The van der Waals surface area contributed by atoms with E-state index in [1.54, 1.807) is 0 Å². The Morgan fingerprint density at radius 3 is 2.41 bits per heavy atom. The lowest BCUT2D eigenvalue weighted by Gasteiger charge is -2.26. The van der Waals surface area contributed by atoms with Crippen molar-refractivity contribution in [3.05, 3.63) is 0 Å². The summed E-state index contributed by atoms with van der Waals surface area (Å²) < 4.78 is 29.9. The summed E-state index contributed by atoms with van der Waals surface area (Å²) in [5.74, 6) is -1.06. The minimum Gasteiger partial charge on any atom is -0.353 e. The Morgan fingerprint density at radius 2 is 1.86 bits per heavy atom. The molecule has 128 valence electrons. The van der Waals surface area contributed by atoms with Gasteiger partial charge in [-0.1, -0.05) is 32.1 Å². The van der Waals surface area contributed by atoms with E-state index in [4.69, 9.17) is 10.3 Å². The van der Waals surface area contributed by atoms with Crippen LogP contribution in [0.2, 0.25) is 0 Å². The van der Waals surface area contributed by atoms with Crippen LogP contribution in [0.15, 0.2) is 0 Å². The molecule has 0 aliphatic heterocycles. The largest absolute Gasteiger partial charge is 0.353 e. The minimum absolute atomic E-state index is 0.197. The Morgan fingerprint density at radius 1 is 1.23 bits per heavy atom. The van der Waals surface area contributed by atoms with E-state index in [-0.39, 0.29) is 13.1 Å². The summed E-state index contributed by atoms with van der Waals surface area (Å²) in [5, 5.41) is 5.00. The predicted octanol–water partition coefficient (Wildman–Crippen LogP) is -0.596. The molecule has 1 aliphatic rings. The van der Waals surface area contributed by atoms with Crippen molar-refractivity contribution >= 4 is 21.9 Å². The van der Waals surface area contributed by atoms with Crippen molar-refractivity contribution in [1.29, 1.82) is 0 Å². The number of nitrogens with one attached hydrogen (secondary N) is 2. The second kappa shape index (κ2) is 9.06. The Bertz CT molecular complexity index is 474. The van der Waals surface area contributed by atoms with Crippen molar-refractivity contribution in [2.75, 3.05) is 18.8 Å². The fourth-order valence-corrected chi connectivity index (χ4v) is 3.03. The van der Waals surface area contributed by atoms with Crippen LogP contribution < -0.4 is 16.4 Å². The van der Waals surface area contributed by atoms with E-state index in [0.29, 0.717) is 12.3 Å². The molecule has 0 radical (unpaired) electrons. The van der Waals surface area contributed by atoms with Crippen LogP contribution >= 0.6 is 0 Å². The van der Waals surface area contributed by atoms with Crippen LogP contribution in [0.25, 0.3) is 0 Å². The molecule has 0 heterocycles. The Labute approximate surface area is 131 Å². The van der Waals surface area contributed by atoms with Gasteiger partial charge in [-0.15, -0.1) is 0 Å². The van der Waals surface area contributed by atoms with E-state index >= 15 is 0 Å². The van der Waals surface area contributed by atoms with Crippen LogP contribution in [0.5, 0.6) is 0 Å². The number of carbonyl (C=O) groups excluding carboxylic acids is 2. The quantitative estimate of drug-likeness (QED) is 0.437. The monoisotopic (exact) mass is 335 g/mol. The molecule has 0 bridgehead atoms. The van der Waals surface area contributed by atoms with Crippen molar-refractivity contribution in [3.8, 4) is 0 Å². The maximum Gasteiger partial charge on any atom is 0.266 e. The Balaban J connectivity index is 2.54. The Kier molecular flexibility index (Phi) is 7.77. The summed E-state index contributed by atoms with van der Waals surface area (Å²) in [6.07, 6.45) is 5.99. The first-order valence-electron chi connectivity index (χ1n) is 7.54. The van der Waals surface area contributed by atoms with Gasteiger partial charge in [-0.25, -0.2) is 0 Å². The van der Waals surface area contributed by atoms with Gasteiger partial charge < -0.3 is 16.4 Å². The van der Waals surface area contributed by atoms with Crippen LogP contribution in [0.3, 0.4) is 0 Å². The maximum atomic E-state index is 12.1. The smallest absolute Gasteiger partial charge is 0.266 e. The lowest BCUT2D eigenvalue weighted by molar-refractivity contribution is -0.128. The number of hydrogen-bond acceptors (Lipinski definition) is 5. The van der Waals surface area contributed by atoms with Gasteiger partial charge in [0, 0.05) is 6.54 Å². The van der Waals surface area contributed by atoms with Gasteiger partial charge in [0.25, 0.3) is 10.1 Å². The van der Waals surface area contributed by atoms with Crippen molar-refractivity contribution < 1.29 is 22.6 Å². The molecule has 8 nitrogen and oxygen atoms in total. The molecule has 1 atom stereocenters. The molecule has 1 rings (SSSR count). The van der Waals surface area contributed by atoms with Gasteiger partial charge in [0.1, 0.15) is 6.04 Å². The molecular weight excluding hydrogens is 310 g/mol. The fourth-order valence-electron chi connectivity index (χ4n) is 2.67. The van der Waals surface area contributed by atoms with Gasteiger partial charge in [0.15, 0.2) is 0 Å². The molecule has 9 heteroatoms. The van der Waals surface area contributed by atoms with E-state index in [1.807, 2.05) is 0 Å². The van der Waals surface area contributed by atoms with Crippen LogP contribution in [-0.2, 0) is 19.7 Å². The summed E-state index contributed by atoms with van der Waals surface area (Å²) in [6, 6.07) is -0.722. The predicted molar refractivity (Wildman–Crippen MR) is 81.6 cm³/mol. The molecule has 1 fully saturated rings. The molecule has 0 aromatic heterocycles. The average Bonchev–Trinajstić information content (AvgIpc) is 2.46. The van der Waals surface area contributed by atoms with Crippen molar-refractivity contribution in [1.82, 2.24) is 10.6 Å². The van der Waals surface area contributed by atoms with Gasteiger partial charge in [-0.05, 0) is 12.3 Å². The van der Waals surface area contributed by atoms with Crippen LogP contribution in [0.4, 0.5) is 0 Å². The van der Waals surface area contributed by atoms with E-state index in [0.717, 1.165) is 25.7 Å². The third kappa shape index (κ3) is 7.71. The number of carbonyl (C=O) groups is 2. The number of nitrogens with two attached hydrogens (primary N) is 1. The summed E-state index contributed by atoms with van der Waals surface area (Å²) in [7, 11) is -4.12. The molecule has 5 N–H and O–H groups in total. The second-order valence-corrected chi connectivity index (χ2v) is 7.21. The molecule has 0 spiro atoms. The molecule has 1 aliphatic carbocycles. The normalized spacial score (nSPS) is 17.7. The third-order valence-electron chi connectivity index (χ3n) is 3.79. The summed E-state index contributed by atoms with van der Waals surface area (Å²) >= 11 is 0. The van der Waals surface area contributed by atoms with Gasteiger partial charge in [0.05, 0.1) is 12.3 Å². The molecular formula is C13H25N3O5S. The molecule has 0 unspecified atom stereocenters. The fraction of sp³-hybridized carbons (Fsp3) is 0.846. The highest BCUT2D eigenvalue weighted by atomic mass is 32.2. The zero-order valence-electron chi connectivity index (χ0n) is 12.6. The topological polar surface area (TPSA) is 139 Å². The molecule has 22 heavy (non-hydrogen) atoms. The van der Waals surface area contributed by atoms with E-state index < -0.39 is 33.7 Å². The summed E-state index contributed by atoms with van der Waals surface area (Å²) in [6.45, 7) is -0.406. The first-order valence-corrected chi connectivity index (χ1v) is 9.15. The molecule has 0 aromatic rings. The van der Waals surface area contributed by atoms with Crippen molar-refractivity contribution in [3.63, 3.8) is 0 Å². The first-order chi connectivity index (χ1) is 10.3. The second-order valence-electron chi connectivity index (χ2n) is 5.64. The van der Waals surface area contributed by atoms with E-state index in [9.17, 15) is 18.0 Å². The average molecular weight is 335 g/mol. The van der Waals surface area contributed by atoms with Crippen molar-refractivity contribution in [2.45, 2.75) is 44.6 Å². The van der Waals surface area contributed by atoms with Crippen LogP contribution in [0, 0.1) is 5.92 Å². The lowest BCUT2D eigenvalue weighted by Crippen LogP contribution is -2.50. The number of rotatable bonds is 8. The molecule has 1 saturated carbocycles. The highest BCUT2D eigenvalue weighted by Gasteiger charge is 2.25. The highest BCUT2D eigenvalue weighted by Crippen LogP contribution is 2.27. The summed E-state index contributed by atoms with van der Waals surface area (Å²) in [5.41, 5.74) is 5.25. The number of hydrogen-bond donors (Lipinski definition) is 4. The Hall–Kier alpha value is -1.19. The van der Waals surface area contributed by atoms with Gasteiger partial charge in [0.2, 0.25) is 11.8 Å². The maximum absolute atomic E-state index is 12.1. The lowest BCUT2D eigenvalue weighted by atomic mass is 9.84. The van der Waals surface area contributed by atoms with Crippen LogP contribution in [0.1, 0.15) is 38.5 Å². The summed E-state index contributed by atoms with van der Waals surface area (Å²) in [4.78, 5) is 23.6. The zero-order valence-corrected chi connectivity index (χ0v) is 13.4. The standard InChI is InChI=1S/C13H25N3O5S/c14-9-12(17)16-11(8-10-4-2-1-3-5-10)13(18)15-6-7-22(19,20)21/h10-11H,1-9,14H2,(H,15,18)(H,16,17)(H,19,20,21)/t11-/m1/s1. The minimum atomic E-state index is -4.12. The molecule has 0 saturated heterocycles. The van der Waals surface area contributed by atoms with Crippen molar-refractivity contribution in [2.24, 2.45) is 11.7 Å². The van der Waals surface area contributed by atoms with E-state index in [2.05, 4.69) is 10.6 Å². The zero-order chi connectivity index (χ0) is 16.6. The van der Waals surface area contributed by atoms with Gasteiger partial charge >= 0.3 is 0 Å². The number of amides is 2. The third-order valence-corrected chi connectivity index (χ3v) is 4.51. The van der Waals surface area contributed by atoms with E-state index in [1.165, 1.54) is 6.42 Å². The molecule has 0 aromatic carbocycles. The van der Waals surface area contributed by atoms with Crippen LogP contribution in [-0.4, -0.2) is 49.7 Å². The first kappa shape index (κ1) is 18.9. The molecule has 2 amide bonds. The highest BCUT2D eigenvalue weighted by molar-refractivity contribution is 7.85.